The van der Waals surface area contributed by atoms with Gasteiger partial charge in [0.2, 0.25) is 0 Å². The molecule has 1 unspecified atom stereocenters. The van der Waals surface area contributed by atoms with E-state index in [0.717, 1.165) is 0 Å². The van der Waals surface area contributed by atoms with E-state index in [1.807, 2.05) is 20.8 Å². The SMILES string of the molecule is CC(CC(=O)O)Sc1nc(C(C)(C)C)nn1C(=O)N(C)C.[NaH]. The number of carboxylic acids is 1. The number of aliphatic carboxylic acids is 1. The average Bonchev–Trinajstić information content (AvgIpc) is 2.70. The Morgan fingerprint density at radius 1 is 1.36 bits per heavy atom. The van der Waals surface area contributed by atoms with E-state index in [0.29, 0.717) is 11.0 Å². The Bertz CT molecular complexity index is 540. The molecule has 22 heavy (non-hydrogen) atoms. The molecule has 1 aromatic heterocycles. The van der Waals surface area contributed by atoms with Crippen LogP contribution in [0.3, 0.4) is 0 Å². The number of aromatic nitrogens is 3. The second-order valence-corrected chi connectivity index (χ2v) is 7.49. The first kappa shape index (κ1) is 21.4. The first-order chi connectivity index (χ1) is 9.52. The molecule has 0 radical (unpaired) electrons. The summed E-state index contributed by atoms with van der Waals surface area (Å²) in [6.07, 6.45) is -0.00146. The Morgan fingerprint density at radius 3 is 2.32 bits per heavy atom. The number of hydrogen-bond donors (Lipinski definition) is 1. The molecule has 1 heterocycles. The third-order valence-electron chi connectivity index (χ3n) is 2.58. The van der Waals surface area contributed by atoms with Gasteiger partial charge in [0.25, 0.3) is 0 Å². The predicted molar refractivity (Wildman–Crippen MR) is 87.9 cm³/mol. The number of carboxylic acid groups (broad SMARTS) is 1. The molecule has 0 saturated heterocycles. The molecular weight excluding hydrogens is 315 g/mol. The van der Waals surface area contributed by atoms with Crippen LogP contribution in [0.2, 0.25) is 0 Å². The minimum absolute atomic E-state index is 0. The molecule has 0 aromatic carbocycles. The molecule has 1 N–H and O–H groups in total. The van der Waals surface area contributed by atoms with Crippen molar-refractivity contribution in [2.24, 2.45) is 0 Å². The summed E-state index contributed by atoms with van der Waals surface area (Å²) in [7, 11) is 3.27. The number of amides is 1. The van der Waals surface area contributed by atoms with Gasteiger partial charge < -0.3 is 10.0 Å². The zero-order valence-corrected chi connectivity index (χ0v) is 14.1. The molecule has 1 rings (SSSR count). The summed E-state index contributed by atoms with van der Waals surface area (Å²) in [4.78, 5) is 28.7. The van der Waals surface area contributed by atoms with Gasteiger partial charge in [-0.1, -0.05) is 39.5 Å². The van der Waals surface area contributed by atoms with Crippen LogP contribution in [-0.4, -0.2) is 85.7 Å². The molecule has 0 saturated carbocycles. The van der Waals surface area contributed by atoms with Crippen molar-refractivity contribution in [2.75, 3.05) is 14.1 Å². The summed E-state index contributed by atoms with van der Waals surface area (Å²) in [6, 6.07) is -0.303. The molecule has 0 fully saturated rings. The van der Waals surface area contributed by atoms with Gasteiger partial charge in [-0.15, -0.1) is 5.10 Å². The third-order valence-corrected chi connectivity index (χ3v) is 3.62. The van der Waals surface area contributed by atoms with Gasteiger partial charge in [-0.25, -0.2) is 9.78 Å². The zero-order chi connectivity index (χ0) is 16.4. The number of carbonyl (C=O) groups excluding carboxylic acids is 1. The molecule has 0 bridgehead atoms. The van der Waals surface area contributed by atoms with Gasteiger partial charge in [0, 0.05) is 24.8 Å². The minimum atomic E-state index is -0.879. The number of carbonyl (C=O) groups is 2. The van der Waals surface area contributed by atoms with Crippen LogP contribution >= 0.6 is 11.8 Å². The van der Waals surface area contributed by atoms with Crippen molar-refractivity contribution in [2.45, 2.75) is 49.9 Å². The molecule has 1 aromatic rings. The van der Waals surface area contributed by atoms with Crippen LogP contribution in [0.5, 0.6) is 0 Å². The molecule has 0 spiro atoms. The van der Waals surface area contributed by atoms with Crippen molar-refractivity contribution in [3.8, 4) is 0 Å². The summed E-state index contributed by atoms with van der Waals surface area (Å²) in [5.41, 5.74) is -0.289. The number of thioether (sulfide) groups is 1. The molecule has 7 nitrogen and oxygen atoms in total. The van der Waals surface area contributed by atoms with E-state index >= 15 is 0 Å². The second kappa shape index (κ2) is 8.33. The Balaban J connectivity index is 0.00000441. The van der Waals surface area contributed by atoms with Gasteiger partial charge in [-0.05, 0) is 0 Å². The van der Waals surface area contributed by atoms with Crippen molar-refractivity contribution in [3.63, 3.8) is 0 Å². The van der Waals surface area contributed by atoms with Crippen LogP contribution in [0.25, 0.3) is 0 Å². The van der Waals surface area contributed by atoms with Gasteiger partial charge >= 0.3 is 41.6 Å². The maximum atomic E-state index is 12.2. The van der Waals surface area contributed by atoms with E-state index < -0.39 is 5.97 Å². The Kier molecular flexibility index (Phi) is 8.11. The molecule has 1 atom stereocenters. The first-order valence-corrected chi connectivity index (χ1v) is 7.48. The number of hydrogen-bond acceptors (Lipinski definition) is 5. The normalized spacial score (nSPS) is 12.5. The summed E-state index contributed by atoms with van der Waals surface area (Å²) in [6.45, 7) is 7.67. The molecule has 0 aliphatic rings. The number of nitrogens with zero attached hydrogens (tertiary/aromatic N) is 4. The second-order valence-electron chi connectivity index (χ2n) is 6.08. The van der Waals surface area contributed by atoms with Crippen molar-refractivity contribution in [1.29, 1.82) is 0 Å². The molecule has 9 heteroatoms. The standard InChI is InChI=1S/C13H22N4O3S.Na.H/c1-8(7-9(18)19)21-11-14-10(13(2,3)4)15-17(11)12(20)16(5)6;;/h8H,7H2,1-6H3,(H,18,19);;. The fraction of sp³-hybridized carbons (Fsp3) is 0.692. The molecule has 1 amide bonds. The summed E-state index contributed by atoms with van der Waals surface area (Å²) >= 11 is 1.24. The Hall–Kier alpha value is -0.570. The van der Waals surface area contributed by atoms with Crippen molar-refractivity contribution in [3.05, 3.63) is 5.82 Å². The van der Waals surface area contributed by atoms with E-state index in [-0.39, 0.29) is 52.7 Å². The monoisotopic (exact) mass is 338 g/mol. The van der Waals surface area contributed by atoms with Crippen LogP contribution in [0.4, 0.5) is 4.79 Å². The Morgan fingerprint density at radius 2 is 1.91 bits per heavy atom. The molecular formula is C13H23N4NaO3S. The van der Waals surface area contributed by atoms with Crippen LogP contribution in [0.1, 0.15) is 39.9 Å². The van der Waals surface area contributed by atoms with Gasteiger partial charge in [-0.3, -0.25) is 4.79 Å². The van der Waals surface area contributed by atoms with Crippen LogP contribution in [-0.2, 0) is 10.2 Å². The first-order valence-electron chi connectivity index (χ1n) is 6.60. The van der Waals surface area contributed by atoms with Crippen molar-refractivity contribution < 1.29 is 14.7 Å². The van der Waals surface area contributed by atoms with E-state index in [2.05, 4.69) is 10.1 Å². The van der Waals surface area contributed by atoms with Crippen molar-refractivity contribution >= 4 is 53.3 Å². The maximum absolute atomic E-state index is 12.2. The molecule has 120 valence electrons. The fourth-order valence-corrected chi connectivity index (χ4v) is 2.42. The van der Waals surface area contributed by atoms with Crippen LogP contribution < -0.4 is 0 Å². The van der Waals surface area contributed by atoms with Gasteiger partial charge in [0.1, 0.15) is 0 Å². The van der Waals surface area contributed by atoms with E-state index in [1.165, 1.54) is 21.3 Å². The summed E-state index contributed by atoms with van der Waals surface area (Å²) in [5, 5.41) is 13.3. The van der Waals surface area contributed by atoms with Gasteiger partial charge in [0.15, 0.2) is 11.0 Å². The summed E-state index contributed by atoms with van der Waals surface area (Å²) in [5.74, 6) is -0.321. The van der Waals surface area contributed by atoms with E-state index in [4.69, 9.17) is 5.11 Å². The Labute approximate surface area is 157 Å². The quantitative estimate of drug-likeness (QED) is 0.660. The topological polar surface area (TPSA) is 88.3 Å². The third kappa shape index (κ3) is 5.91. The van der Waals surface area contributed by atoms with Crippen LogP contribution in [0.15, 0.2) is 5.16 Å². The van der Waals surface area contributed by atoms with E-state index in [9.17, 15) is 9.59 Å². The average molecular weight is 338 g/mol. The summed E-state index contributed by atoms with van der Waals surface area (Å²) < 4.78 is 1.24. The van der Waals surface area contributed by atoms with Crippen LogP contribution in [0, 0.1) is 0 Å². The van der Waals surface area contributed by atoms with Gasteiger partial charge in [0.05, 0.1) is 6.42 Å². The molecule has 0 aliphatic heterocycles. The van der Waals surface area contributed by atoms with E-state index in [1.54, 1.807) is 21.0 Å². The number of rotatable bonds is 4. The predicted octanol–water partition coefficient (Wildman–Crippen LogP) is 1.41. The molecule has 0 aliphatic carbocycles. The zero-order valence-electron chi connectivity index (χ0n) is 13.2. The fourth-order valence-electron chi connectivity index (χ4n) is 1.47. The van der Waals surface area contributed by atoms with Crippen molar-refractivity contribution in [1.82, 2.24) is 19.7 Å². The van der Waals surface area contributed by atoms with Gasteiger partial charge in [-0.2, -0.15) is 4.68 Å².